The van der Waals surface area contributed by atoms with Crippen LogP contribution in [0.1, 0.15) is 73.1 Å². The van der Waals surface area contributed by atoms with E-state index in [0.29, 0.717) is 0 Å². The lowest BCUT2D eigenvalue weighted by Crippen LogP contribution is -2.40. The molecule has 0 aliphatic carbocycles. The molecule has 0 aromatic rings. The molecule has 0 spiro atoms. The lowest BCUT2D eigenvalue weighted by atomic mass is 9.87. The molecule has 0 saturated heterocycles. The maximum atomic E-state index is 3.55. The fraction of sp³-hybridized carbons (Fsp3) is 0.875. The van der Waals surface area contributed by atoms with Crippen molar-refractivity contribution >= 4 is 0 Å². The van der Waals surface area contributed by atoms with E-state index in [1.807, 2.05) is 0 Å². The van der Waals surface area contributed by atoms with Gasteiger partial charge in [0.25, 0.3) is 0 Å². The minimum atomic E-state index is 0.251. The van der Waals surface area contributed by atoms with Crippen LogP contribution in [0.25, 0.3) is 0 Å². The van der Waals surface area contributed by atoms with Crippen molar-refractivity contribution in [2.75, 3.05) is 6.54 Å². The van der Waals surface area contributed by atoms with Crippen LogP contribution in [0.15, 0.2) is 0 Å². The van der Waals surface area contributed by atoms with E-state index < -0.39 is 0 Å². The maximum absolute atomic E-state index is 3.55. The predicted molar refractivity (Wildman–Crippen MR) is 78.1 cm³/mol. The van der Waals surface area contributed by atoms with Crippen LogP contribution in [0, 0.1) is 17.8 Å². The van der Waals surface area contributed by atoms with Crippen molar-refractivity contribution in [2.45, 2.75) is 78.7 Å². The van der Waals surface area contributed by atoms with Crippen molar-refractivity contribution in [3.63, 3.8) is 0 Å². The van der Waals surface area contributed by atoms with Gasteiger partial charge in [0.2, 0.25) is 0 Å². The summed E-state index contributed by atoms with van der Waals surface area (Å²) in [6.07, 6.45) is 7.08. The summed E-state index contributed by atoms with van der Waals surface area (Å²) >= 11 is 0. The highest BCUT2D eigenvalue weighted by molar-refractivity contribution is 5.00. The highest BCUT2D eigenvalue weighted by Crippen LogP contribution is 2.21. The van der Waals surface area contributed by atoms with E-state index >= 15 is 0 Å². The third-order valence-electron chi connectivity index (χ3n) is 3.20. The molecule has 0 amide bonds. The monoisotopic (exact) mass is 237 g/mol. The first-order valence-electron chi connectivity index (χ1n) is 7.26. The highest BCUT2D eigenvalue weighted by Gasteiger charge is 2.20. The third kappa shape index (κ3) is 9.24. The molecule has 17 heavy (non-hydrogen) atoms. The van der Waals surface area contributed by atoms with Gasteiger partial charge in [-0.1, -0.05) is 33.6 Å². The fourth-order valence-corrected chi connectivity index (χ4v) is 2.20. The second-order valence-corrected chi connectivity index (χ2v) is 5.55. The lowest BCUT2D eigenvalue weighted by Gasteiger charge is -2.29. The molecule has 0 aromatic heterocycles. The second kappa shape index (κ2) is 9.54. The summed E-state index contributed by atoms with van der Waals surface area (Å²) in [5, 5.41) is 3.55. The van der Waals surface area contributed by atoms with Gasteiger partial charge < -0.3 is 5.32 Å². The predicted octanol–water partition coefficient (Wildman–Crippen LogP) is 4.37. The van der Waals surface area contributed by atoms with Crippen LogP contribution in [-0.4, -0.2) is 12.1 Å². The fourth-order valence-electron chi connectivity index (χ4n) is 2.20. The molecule has 0 aliphatic heterocycles. The van der Waals surface area contributed by atoms with Gasteiger partial charge in [-0.2, -0.15) is 0 Å². The van der Waals surface area contributed by atoms with Gasteiger partial charge in [-0.3, -0.25) is 0 Å². The molecule has 0 rings (SSSR count). The molecule has 0 aromatic carbocycles. The number of rotatable bonds is 8. The first-order chi connectivity index (χ1) is 8.05. The van der Waals surface area contributed by atoms with Crippen LogP contribution in [0.2, 0.25) is 0 Å². The Labute approximate surface area is 109 Å². The van der Waals surface area contributed by atoms with Crippen LogP contribution in [0.5, 0.6) is 0 Å². The SMILES string of the molecule is CCCCC#CCC(CC)CC(C)(C)NCC. The van der Waals surface area contributed by atoms with E-state index in [1.165, 1.54) is 25.7 Å². The number of hydrogen-bond donors (Lipinski definition) is 1. The topological polar surface area (TPSA) is 12.0 Å². The molecule has 0 bridgehead atoms. The molecule has 1 unspecified atom stereocenters. The zero-order valence-corrected chi connectivity index (χ0v) is 12.5. The summed E-state index contributed by atoms with van der Waals surface area (Å²) in [4.78, 5) is 0. The average Bonchev–Trinajstić information content (AvgIpc) is 2.27. The van der Waals surface area contributed by atoms with E-state index in [1.54, 1.807) is 0 Å². The Balaban J connectivity index is 4.01. The first kappa shape index (κ1) is 16.5. The van der Waals surface area contributed by atoms with Gasteiger partial charge in [-0.05, 0) is 39.2 Å². The maximum Gasteiger partial charge on any atom is 0.0128 e. The number of unbranched alkanes of at least 4 members (excludes halogenated alkanes) is 2. The second-order valence-electron chi connectivity index (χ2n) is 5.55. The summed E-state index contributed by atoms with van der Waals surface area (Å²) in [5.74, 6) is 7.39. The molecule has 0 radical (unpaired) electrons. The van der Waals surface area contributed by atoms with Crippen LogP contribution >= 0.6 is 0 Å². The normalized spacial score (nSPS) is 13.0. The molecule has 0 aliphatic rings. The van der Waals surface area contributed by atoms with Gasteiger partial charge in [0.1, 0.15) is 0 Å². The Kier molecular flexibility index (Phi) is 9.27. The molecule has 1 nitrogen and oxygen atoms in total. The zero-order chi connectivity index (χ0) is 13.1. The molecule has 0 saturated carbocycles. The van der Waals surface area contributed by atoms with Crippen molar-refractivity contribution in [3.05, 3.63) is 0 Å². The van der Waals surface area contributed by atoms with Gasteiger partial charge in [-0.25, -0.2) is 0 Å². The molecule has 1 N–H and O–H groups in total. The van der Waals surface area contributed by atoms with Gasteiger partial charge in [0.15, 0.2) is 0 Å². The van der Waals surface area contributed by atoms with Gasteiger partial charge in [0.05, 0.1) is 0 Å². The minimum Gasteiger partial charge on any atom is -0.312 e. The Morgan fingerprint density at radius 1 is 1.12 bits per heavy atom. The van der Waals surface area contributed by atoms with Crippen LogP contribution in [0.4, 0.5) is 0 Å². The Morgan fingerprint density at radius 2 is 1.82 bits per heavy atom. The van der Waals surface area contributed by atoms with E-state index in [4.69, 9.17) is 0 Å². The van der Waals surface area contributed by atoms with Gasteiger partial charge >= 0.3 is 0 Å². The lowest BCUT2D eigenvalue weighted by molar-refractivity contribution is 0.298. The molecule has 1 atom stereocenters. The first-order valence-corrected chi connectivity index (χ1v) is 7.26. The summed E-state index contributed by atoms with van der Waals surface area (Å²) in [7, 11) is 0. The molecule has 1 heteroatoms. The highest BCUT2D eigenvalue weighted by atomic mass is 14.9. The molecule has 100 valence electrons. The van der Waals surface area contributed by atoms with Gasteiger partial charge in [0, 0.05) is 18.4 Å². The Hall–Kier alpha value is -0.480. The largest absolute Gasteiger partial charge is 0.312 e. The van der Waals surface area contributed by atoms with Crippen LogP contribution < -0.4 is 5.32 Å². The quantitative estimate of drug-likeness (QED) is 0.488. The molecular weight excluding hydrogens is 206 g/mol. The standard InChI is InChI=1S/C16H31N/c1-6-9-10-11-12-13-15(7-2)14-16(4,5)17-8-3/h15,17H,6-10,13-14H2,1-5H3. The zero-order valence-electron chi connectivity index (χ0n) is 12.5. The molecule has 0 fully saturated rings. The summed E-state index contributed by atoms with van der Waals surface area (Å²) in [5.41, 5.74) is 0.251. The molecule has 0 heterocycles. The Morgan fingerprint density at radius 3 is 2.35 bits per heavy atom. The van der Waals surface area contributed by atoms with Crippen LogP contribution in [0.3, 0.4) is 0 Å². The summed E-state index contributed by atoms with van der Waals surface area (Å²) in [6, 6.07) is 0. The molecular formula is C16H31N. The van der Waals surface area contributed by atoms with Gasteiger partial charge in [-0.15, -0.1) is 11.8 Å². The summed E-state index contributed by atoms with van der Waals surface area (Å²) < 4.78 is 0. The van der Waals surface area contributed by atoms with Crippen molar-refractivity contribution in [3.8, 4) is 11.8 Å². The van der Waals surface area contributed by atoms with E-state index in [9.17, 15) is 0 Å². The van der Waals surface area contributed by atoms with E-state index in [0.717, 1.165) is 25.3 Å². The average molecular weight is 237 g/mol. The van der Waals surface area contributed by atoms with Crippen molar-refractivity contribution in [2.24, 2.45) is 5.92 Å². The Bertz CT molecular complexity index is 232. The van der Waals surface area contributed by atoms with Crippen molar-refractivity contribution < 1.29 is 0 Å². The van der Waals surface area contributed by atoms with Crippen molar-refractivity contribution in [1.29, 1.82) is 0 Å². The number of hydrogen-bond acceptors (Lipinski definition) is 1. The van der Waals surface area contributed by atoms with E-state index in [-0.39, 0.29) is 5.54 Å². The third-order valence-corrected chi connectivity index (χ3v) is 3.20. The smallest absolute Gasteiger partial charge is 0.0128 e. The van der Waals surface area contributed by atoms with E-state index in [2.05, 4.69) is 51.8 Å². The van der Waals surface area contributed by atoms with Crippen molar-refractivity contribution in [1.82, 2.24) is 5.32 Å². The van der Waals surface area contributed by atoms with Crippen LogP contribution in [-0.2, 0) is 0 Å². The minimum absolute atomic E-state index is 0.251. The number of nitrogens with one attached hydrogen (secondary N) is 1. The summed E-state index contributed by atoms with van der Waals surface area (Å²) in [6.45, 7) is 12.3.